The summed E-state index contributed by atoms with van der Waals surface area (Å²) in [5.74, 6) is -0.923. The van der Waals surface area contributed by atoms with E-state index < -0.39 is 6.10 Å². The summed E-state index contributed by atoms with van der Waals surface area (Å²) >= 11 is 0. The summed E-state index contributed by atoms with van der Waals surface area (Å²) in [6, 6.07) is 0. The molecule has 0 rings (SSSR count). The van der Waals surface area contributed by atoms with Crippen LogP contribution in [-0.2, 0) is 38.1 Å². The van der Waals surface area contributed by atoms with Crippen LogP contribution in [0.15, 0.2) is 24.3 Å². The topological polar surface area (TPSA) is 105 Å². The van der Waals surface area contributed by atoms with Gasteiger partial charge in [0.2, 0.25) is 0 Å². The van der Waals surface area contributed by atoms with E-state index in [0.29, 0.717) is 25.7 Å². The van der Waals surface area contributed by atoms with Crippen molar-refractivity contribution in [2.45, 2.75) is 406 Å². The number of unbranched alkanes of at least 4 members (excludes halogenated alkanes) is 44. The lowest BCUT2D eigenvalue weighted by molar-refractivity contribution is -0.167. The first-order valence-corrected chi connectivity index (χ1v) is 35.9. The van der Waals surface area contributed by atoms with Crippen molar-refractivity contribution in [1.29, 1.82) is 0 Å². The summed E-state index contributed by atoms with van der Waals surface area (Å²) in [7, 11) is 0. The van der Waals surface area contributed by atoms with Crippen LogP contribution in [0.1, 0.15) is 394 Å². The molecule has 0 aliphatic carbocycles. The Bertz CT molecular complexity index is 1390. The molecule has 0 fully saturated rings. The second kappa shape index (κ2) is 66.5. The second-order valence-corrected chi connectivity index (χ2v) is 24.5. The summed E-state index contributed by atoms with van der Waals surface area (Å²) in [6.45, 7) is 8.85. The summed E-state index contributed by atoms with van der Waals surface area (Å²) < 4.78 is 23.1. The summed E-state index contributed by atoms with van der Waals surface area (Å²) in [5, 5.41) is 0. The molecule has 81 heavy (non-hydrogen) atoms. The maximum absolute atomic E-state index is 13.0. The van der Waals surface area contributed by atoms with E-state index in [2.05, 4.69) is 52.0 Å². The smallest absolute Gasteiger partial charge is 0.306 e. The van der Waals surface area contributed by atoms with Gasteiger partial charge in [0.05, 0.1) is 0 Å². The highest BCUT2D eigenvalue weighted by molar-refractivity contribution is 5.71. The van der Waals surface area contributed by atoms with Gasteiger partial charge >= 0.3 is 23.9 Å². The van der Waals surface area contributed by atoms with Gasteiger partial charge < -0.3 is 18.9 Å². The summed E-state index contributed by atoms with van der Waals surface area (Å²) in [6.07, 6.45) is 73.5. The van der Waals surface area contributed by atoms with Gasteiger partial charge in [-0.15, -0.1) is 0 Å². The van der Waals surface area contributed by atoms with E-state index >= 15 is 0 Å². The molecule has 0 radical (unpaired) electrons. The van der Waals surface area contributed by atoms with Crippen molar-refractivity contribution in [3.8, 4) is 0 Å². The first-order valence-electron chi connectivity index (χ1n) is 35.9. The van der Waals surface area contributed by atoms with E-state index in [1.165, 1.54) is 218 Å². The second-order valence-electron chi connectivity index (χ2n) is 24.5. The summed E-state index contributed by atoms with van der Waals surface area (Å²) in [4.78, 5) is 51.4. The lowest BCUT2D eigenvalue weighted by atomic mass is 10.0. The van der Waals surface area contributed by atoms with Crippen molar-refractivity contribution >= 4 is 23.9 Å². The van der Waals surface area contributed by atoms with Crippen LogP contribution >= 0.6 is 0 Å². The van der Waals surface area contributed by atoms with Gasteiger partial charge in [-0.1, -0.05) is 290 Å². The minimum Gasteiger partial charge on any atom is -0.462 e. The van der Waals surface area contributed by atoms with Crippen molar-refractivity contribution in [1.82, 2.24) is 0 Å². The molecule has 0 aliphatic heterocycles. The molecule has 8 nitrogen and oxygen atoms in total. The molecule has 0 N–H and O–H groups in total. The summed E-state index contributed by atoms with van der Waals surface area (Å²) in [5.41, 5.74) is 0. The molecule has 0 aromatic rings. The molecular weight excluding hydrogens is 1000 g/mol. The van der Waals surface area contributed by atoms with Crippen LogP contribution in [0.25, 0.3) is 0 Å². The van der Waals surface area contributed by atoms with E-state index in [9.17, 15) is 19.2 Å². The van der Waals surface area contributed by atoms with Gasteiger partial charge in [0.1, 0.15) is 19.3 Å². The van der Waals surface area contributed by atoms with Crippen LogP contribution in [0.4, 0.5) is 0 Å². The normalized spacial score (nSPS) is 12.4. The maximum atomic E-state index is 13.0. The zero-order chi connectivity index (χ0) is 58.8. The Morgan fingerprint density at radius 1 is 0.247 bits per heavy atom. The van der Waals surface area contributed by atoms with E-state index in [0.717, 1.165) is 122 Å². The predicted molar refractivity (Wildman–Crippen MR) is 346 cm³/mol. The number of hydrogen-bond donors (Lipinski definition) is 0. The quantitative estimate of drug-likeness (QED) is 0.0257. The molecule has 0 spiro atoms. The Labute approximate surface area is 503 Å². The molecule has 0 aromatic heterocycles. The molecule has 0 heterocycles. The fourth-order valence-corrected chi connectivity index (χ4v) is 10.9. The molecular formula is C73H136O8. The van der Waals surface area contributed by atoms with Gasteiger partial charge in [-0.3, -0.25) is 19.2 Å². The van der Waals surface area contributed by atoms with Crippen molar-refractivity contribution in [3.05, 3.63) is 24.3 Å². The van der Waals surface area contributed by atoms with Gasteiger partial charge in [0.15, 0.2) is 6.10 Å². The van der Waals surface area contributed by atoms with Crippen molar-refractivity contribution < 1.29 is 38.1 Å². The Morgan fingerprint density at radius 2 is 0.457 bits per heavy atom. The minimum absolute atomic E-state index is 0.00546. The van der Waals surface area contributed by atoms with Crippen LogP contribution in [-0.4, -0.2) is 49.3 Å². The van der Waals surface area contributed by atoms with E-state index in [1.54, 1.807) is 0 Å². The van der Waals surface area contributed by atoms with Gasteiger partial charge in [-0.05, 0) is 103 Å². The monoisotopic (exact) mass is 1140 g/mol. The van der Waals surface area contributed by atoms with Gasteiger partial charge in [-0.25, -0.2) is 0 Å². The SMILES string of the molecule is CCCCCCCCC=CCCCCCCCC(=O)OCC(COC(=O)CCCCCCCCCCCCCCC)OC(=O)CCCCCCCCCCC(CCCCCC)OC(=O)CCCCCCCC=CCCCCCCCC. The minimum atomic E-state index is -0.803. The highest BCUT2D eigenvalue weighted by Crippen LogP contribution is 2.20. The average Bonchev–Trinajstić information content (AvgIpc) is 3.46. The standard InChI is InChI=1S/C73H136O8/c1-5-9-13-17-20-23-26-29-31-34-37-40-46-51-57-63-71(75)79-67-69(66-78-70(74)62-56-50-45-39-36-33-28-25-22-19-15-11-7-3)81-73(77)65-59-53-48-43-42-44-49-55-61-68(60-54-16-12-8-4)80-72(76)64-58-52-47-41-38-35-32-30-27-24-21-18-14-10-6-2/h29-32,68-69H,5-28,33-67H2,1-4H3. The van der Waals surface area contributed by atoms with Gasteiger partial charge in [0, 0.05) is 25.7 Å². The number of ether oxygens (including phenoxy) is 4. The number of allylic oxidation sites excluding steroid dienone is 4. The van der Waals surface area contributed by atoms with E-state index in [-0.39, 0.29) is 43.2 Å². The van der Waals surface area contributed by atoms with E-state index in [4.69, 9.17) is 18.9 Å². The van der Waals surface area contributed by atoms with Gasteiger partial charge in [-0.2, -0.15) is 0 Å². The first-order chi connectivity index (χ1) is 39.9. The molecule has 0 saturated heterocycles. The third kappa shape index (κ3) is 63.2. The van der Waals surface area contributed by atoms with Crippen LogP contribution in [0, 0.1) is 0 Å². The molecule has 2 atom stereocenters. The van der Waals surface area contributed by atoms with Crippen molar-refractivity contribution in [3.63, 3.8) is 0 Å². The third-order valence-electron chi connectivity index (χ3n) is 16.3. The van der Waals surface area contributed by atoms with E-state index in [1.807, 2.05) is 0 Å². The Hall–Kier alpha value is -2.64. The molecule has 0 bridgehead atoms. The zero-order valence-electron chi connectivity index (χ0n) is 54.4. The zero-order valence-corrected chi connectivity index (χ0v) is 54.4. The lowest BCUT2D eigenvalue weighted by Gasteiger charge is -2.18. The van der Waals surface area contributed by atoms with Crippen molar-refractivity contribution in [2.75, 3.05) is 13.2 Å². The van der Waals surface area contributed by atoms with Crippen LogP contribution in [0.2, 0.25) is 0 Å². The van der Waals surface area contributed by atoms with Crippen LogP contribution in [0.3, 0.4) is 0 Å². The molecule has 8 heteroatoms. The van der Waals surface area contributed by atoms with Crippen LogP contribution < -0.4 is 0 Å². The van der Waals surface area contributed by atoms with Gasteiger partial charge in [0.25, 0.3) is 0 Å². The highest BCUT2D eigenvalue weighted by Gasteiger charge is 2.20. The number of hydrogen-bond acceptors (Lipinski definition) is 8. The molecule has 476 valence electrons. The Kier molecular flexibility index (Phi) is 64.3. The number of carbonyl (C=O) groups is 4. The average molecular weight is 1140 g/mol. The van der Waals surface area contributed by atoms with Crippen LogP contribution in [0.5, 0.6) is 0 Å². The maximum Gasteiger partial charge on any atom is 0.306 e. The third-order valence-corrected chi connectivity index (χ3v) is 16.3. The number of esters is 4. The molecule has 0 aliphatic rings. The molecule has 2 unspecified atom stereocenters. The first kappa shape index (κ1) is 78.4. The predicted octanol–water partition coefficient (Wildman–Crippen LogP) is 23.3. The lowest BCUT2D eigenvalue weighted by Crippen LogP contribution is -2.30. The number of carbonyl (C=O) groups excluding carboxylic acids is 4. The Balaban J connectivity index is 4.57. The Morgan fingerprint density at radius 3 is 0.741 bits per heavy atom. The fourth-order valence-electron chi connectivity index (χ4n) is 10.9. The fraction of sp³-hybridized carbons (Fsp3) is 0.890. The van der Waals surface area contributed by atoms with Crippen molar-refractivity contribution in [2.24, 2.45) is 0 Å². The molecule has 0 saturated carbocycles. The highest BCUT2D eigenvalue weighted by atomic mass is 16.6. The number of rotatable bonds is 66. The molecule has 0 amide bonds. The molecule has 0 aromatic carbocycles. The largest absolute Gasteiger partial charge is 0.462 e.